The third-order valence-corrected chi connectivity index (χ3v) is 7.19. The van der Waals surface area contributed by atoms with Crippen LogP contribution >= 0.6 is 0 Å². The number of sulfonamides is 1. The summed E-state index contributed by atoms with van der Waals surface area (Å²) in [7, 11) is -2.01. The lowest BCUT2D eigenvalue weighted by Gasteiger charge is -2.28. The molecule has 0 bridgehead atoms. The summed E-state index contributed by atoms with van der Waals surface area (Å²) in [6.07, 6.45) is 10.3. The standard InChI is InChI=1S/C20H32N2O3S/c1-17-13-15-18(16-14-17)26(24,25)22(2)20-12-10-8-6-4-3-5-7-9-11-19(20)21-23/h13-16,20,23H,3-12H2,1-2H3. The molecule has 5 nitrogen and oxygen atoms in total. The van der Waals surface area contributed by atoms with Crippen LogP contribution in [0.3, 0.4) is 0 Å². The van der Waals surface area contributed by atoms with Crippen LogP contribution in [0.25, 0.3) is 0 Å². The molecule has 1 unspecified atom stereocenters. The van der Waals surface area contributed by atoms with E-state index in [0.717, 1.165) is 31.2 Å². The molecule has 0 amide bonds. The maximum Gasteiger partial charge on any atom is 0.243 e. The zero-order valence-corrected chi connectivity index (χ0v) is 16.8. The Morgan fingerprint density at radius 3 is 2.08 bits per heavy atom. The van der Waals surface area contributed by atoms with Crippen molar-refractivity contribution in [3.8, 4) is 0 Å². The summed E-state index contributed by atoms with van der Waals surface area (Å²) >= 11 is 0. The first kappa shape index (κ1) is 20.9. The van der Waals surface area contributed by atoms with Crippen LogP contribution in [0.1, 0.15) is 69.8 Å². The van der Waals surface area contributed by atoms with Crippen molar-refractivity contribution >= 4 is 15.7 Å². The number of hydrogen-bond donors (Lipinski definition) is 1. The number of rotatable bonds is 3. The van der Waals surface area contributed by atoms with Gasteiger partial charge in [-0.1, -0.05) is 67.8 Å². The SMILES string of the molecule is Cc1ccc(S(=O)(=O)N(C)C2CCCCCCCCCCC2=NO)cc1. The topological polar surface area (TPSA) is 70.0 Å². The maximum absolute atomic E-state index is 13.1. The van der Waals surface area contributed by atoms with E-state index in [1.54, 1.807) is 19.2 Å². The van der Waals surface area contributed by atoms with Gasteiger partial charge in [0.1, 0.15) is 0 Å². The van der Waals surface area contributed by atoms with Gasteiger partial charge in [0, 0.05) is 7.05 Å². The van der Waals surface area contributed by atoms with Crippen LogP contribution < -0.4 is 0 Å². The third kappa shape index (κ3) is 5.55. The van der Waals surface area contributed by atoms with Crippen molar-refractivity contribution in [2.45, 2.75) is 82.1 Å². The number of benzene rings is 1. The number of hydrogen-bond acceptors (Lipinski definition) is 4. The average molecular weight is 381 g/mol. The fourth-order valence-electron chi connectivity index (χ4n) is 3.59. The lowest BCUT2D eigenvalue weighted by Crippen LogP contribution is -2.42. The zero-order chi connectivity index (χ0) is 19.0. The van der Waals surface area contributed by atoms with Crippen LogP contribution in [0.5, 0.6) is 0 Å². The molecule has 1 aliphatic rings. The summed E-state index contributed by atoms with van der Waals surface area (Å²) < 4.78 is 27.5. The van der Waals surface area contributed by atoms with Gasteiger partial charge in [-0.2, -0.15) is 4.31 Å². The summed E-state index contributed by atoms with van der Waals surface area (Å²) in [6.45, 7) is 1.93. The second kappa shape index (κ2) is 10.1. The molecular formula is C20H32N2O3S. The van der Waals surface area contributed by atoms with Crippen LogP contribution in [-0.4, -0.2) is 36.7 Å². The first-order valence-electron chi connectivity index (χ1n) is 9.72. The van der Waals surface area contributed by atoms with Crippen molar-refractivity contribution in [2.75, 3.05) is 7.05 Å². The van der Waals surface area contributed by atoms with Gasteiger partial charge in [0.2, 0.25) is 10.0 Å². The highest BCUT2D eigenvalue weighted by molar-refractivity contribution is 7.89. The fraction of sp³-hybridized carbons (Fsp3) is 0.650. The lowest BCUT2D eigenvalue weighted by atomic mass is 9.96. The van der Waals surface area contributed by atoms with Crippen molar-refractivity contribution in [3.63, 3.8) is 0 Å². The Hall–Kier alpha value is -1.40. The molecule has 0 spiro atoms. The average Bonchev–Trinajstić information content (AvgIpc) is 2.62. The molecule has 0 heterocycles. The highest BCUT2D eigenvalue weighted by Gasteiger charge is 2.31. The van der Waals surface area contributed by atoms with Gasteiger partial charge in [-0.05, 0) is 38.3 Å². The molecule has 0 aliphatic heterocycles. The van der Waals surface area contributed by atoms with E-state index in [0.29, 0.717) is 18.6 Å². The summed E-state index contributed by atoms with van der Waals surface area (Å²) in [5.41, 5.74) is 1.61. The Bertz CT molecular complexity index is 684. The van der Waals surface area contributed by atoms with E-state index in [1.165, 1.54) is 30.0 Å². The molecule has 1 aliphatic carbocycles. The van der Waals surface area contributed by atoms with E-state index in [9.17, 15) is 13.6 Å². The number of oxime groups is 1. The summed E-state index contributed by atoms with van der Waals surface area (Å²) in [5.74, 6) is 0. The molecule has 1 N–H and O–H groups in total. The van der Waals surface area contributed by atoms with Crippen molar-refractivity contribution in [1.29, 1.82) is 0 Å². The third-order valence-electron chi connectivity index (χ3n) is 5.31. The number of aryl methyl sites for hydroxylation is 1. The highest BCUT2D eigenvalue weighted by Crippen LogP contribution is 2.24. The van der Waals surface area contributed by atoms with Crippen LogP contribution in [0.2, 0.25) is 0 Å². The molecule has 1 saturated carbocycles. The summed E-state index contributed by atoms with van der Waals surface area (Å²) in [4.78, 5) is 0.286. The second-order valence-corrected chi connectivity index (χ2v) is 9.31. The Kier molecular flexibility index (Phi) is 8.10. The maximum atomic E-state index is 13.1. The van der Waals surface area contributed by atoms with Gasteiger partial charge >= 0.3 is 0 Å². The van der Waals surface area contributed by atoms with Crippen LogP contribution in [-0.2, 0) is 10.0 Å². The van der Waals surface area contributed by atoms with E-state index in [-0.39, 0.29) is 10.9 Å². The van der Waals surface area contributed by atoms with Crippen LogP contribution in [0.15, 0.2) is 34.3 Å². The van der Waals surface area contributed by atoms with E-state index in [2.05, 4.69) is 5.16 Å². The molecule has 26 heavy (non-hydrogen) atoms. The van der Waals surface area contributed by atoms with E-state index in [1.807, 2.05) is 19.1 Å². The van der Waals surface area contributed by atoms with Gasteiger partial charge in [0.25, 0.3) is 0 Å². The van der Waals surface area contributed by atoms with Crippen LogP contribution in [0, 0.1) is 6.92 Å². The predicted molar refractivity (Wildman–Crippen MR) is 105 cm³/mol. The molecule has 0 aromatic heterocycles. The molecular weight excluding hydrogens is 348 g/mol. The first-order valence-corrected chi connectivity index (χ1v) is 11.2. The van der Waals surface area contributed by atoms with Gasteiger partial charge in [-0.25, -0.2) is 8.42 Å². The van der Waals surface area contributed by atoms with E-state index >= 15 is 0 Å². The monoisotopic (exact) mass is 380 g/mol. The second-order valence-electron chi connectivity index (χ2n) is 7.31. The summed E-state index contributed by atoms with van der Waals surface area (Å²) in [5, 5.41) is 13.1. The molecule has 1 atom stereocenters. The van der Waals surface area contributed by atoms with Gasteiger partial charge in [0.15, 0.2) is 0 Å². The van der Waals surface area contributed by atoms with E-state index < -0.39 is 10.0 Å². The van der Waals surface area contributed by atoms with Gasteiger partial charge in [0.05, 0.1) is 16.6 Å². The quantitative estimate of drug-likeness (QED) is 0.609. The van der Waals surface area contributed by atoms with Crippen molar-refractivity contribution < 1.29 is 13.6 Å². The molecule has 0 saturated heterocycles. The minimum Gasteiger partial charge on any atom is -0.411 e. The Balaban J connectivity index is 2.24. The molecule has 1 aromatic carbocycles. The van der Waals surface area contributed by atoms with Gasteiger partial charge in [-0.15, -0.1) is 0 Å². The van der Waals surface area contributed by atoms with Crippen molar-refractivity contribution in [2.24, 2.45) is 5.16 Å². The Morgan fingerprint density at radius 2 is 1.50 bits per heavy atom. The molecule has 6 heteroatoms. The fourth-order valence-corrected chi connectivity index (χ4v) is 4.96. The van der Waals surface area contributed by atoms with Crippen molar-refractivity contribution in [3.05, 3.63) is 29.8 Å². The molecule has 1 fully saturated rings. The Morgan fingerprint density at radius 1 is 0.962 bits per heavy atom. The Labute approximate surface area is 158 Å². The first-order chi connectivity index (χ1) is 12.5. The molecule has 146 valence electrons. The summed E-state index contributed by atoms with van der Waals surface area (Å²) in [6, 6.07) is 6.52. The zero-order valence-electron chi connectivity index (χ0n) is 16.0. The van der Waals surface area contributed by atoms with Crippen molar-refractivity contribution in [1.82, 2.24) is 4.31 Å². The van der Waals surface area contributed by atoms with Gasteiger partial charge < -0.3 is 5.21 Å². The molecule has 1 aromatic rings. The van der Waals surface area contributed by atoms with Crippen LogP contribution in [0.4, 0.5) is 0 Å². The lowest BCUT2D eigenvalue weighted by molar-refractivity contribution is 0.305. The minimum absolute atomic E-state index is 0.286. The largest absolute Gasteiger partial charge is 0.411 e. The van der Waals surface area contributed by atoms with Gasteiger partial charge in [-0.3, -0.25) is 0 Å². The highest BCUT2D eigenvalue weighted by atomic mass is 32.2. The molecule has 0 radical (unpaired) electrons. The predicted octanol–water partition coefficient (Wildman–Crippen LogP) is 4.73. The minimum atomic E-state index is -3.62. The smallest absolute Gasteiger partial charge is 0.243 e. The number of nitrogens with zero attached hydrogens (tertiary/aromatic N) is 2. The molecule has 2 rings (SSSR count). The van der Waals surface area contributed by atoms with E-state index in [4.69, 9.17) is 0 Å². The normalized spacial score (nSPS) is 22.7.